The number of nitrogens with one attached hydrogen (secondary N) is 1. The molecule has 0 heterocycles. The highest BCUT2D eigenvalue weighted by Gasteiger charge is 2.29. The summed E-state index contributed by atoms with van der Waals surface area (Å²) in [5, 5.41) is 2.05. The summed E-state index contributed by atoms with van der Waals surface area (Å²) in [6.07, 6.45) is 0. The molecule has 80 valence electrons. The van der Waals surface area contributed by atoms with Crippen LogP contribution in [0.1, 0.15) is 0 Å². The lowest BCUT2D eigenvalue weighted by atomic mass is 10.3. The Labute approximate surface area is 85.5 Å². The minimum absolute atomic E-state index is 0.357. The second-order valence-electron chi connectivity index (χ2n) is 2.18. The van der Waals surface area contributed by atoms with E-state index < -0.39 is 23.9 Å². The minimum atomic E-state index is -1.46. The average molecular weight is 224 g/mol. The van der Waals surface area contributed by atoms with Gasteiger partial charge >= 0.3 is 11.9 Å². The molecular formula is C7H10ClNO5. The summed E-state index contributed by atoms with van der Waals surface area (Å²) < 4.78 is 8.57. The molecule has 0 bridgehead atoms. The van der Waals surface area contributed by atoms with Crippen molar-refractivity contribution in [1.82, 2.24) is 5.32 Å². The van der Waals surface area contributed by atoms with Gasteiger partial charge in [-0.05, 0) is 0 Å². The molecule has 0 aliphatic rings. The van der Waals surface area contributed by atoms with Crippen LogP contribution in [0.4, 0.5) is 0 Å². The lowest BCUT2D eigenvalue weighted by Crippen LogP contribution is -2.48. The van der Waals surface area contributed by atoms with Crippen molar-refractivity contribution in [1.29, 1.82) is 0 Å². The van der Waals surface area contributed by atoms with Gasteiger partial charge in [-0.3, -0.25) is 4.79 Å². The molecule has 1 amide bonds. The quantitative estimate of drug-likeness (QED) is 0.378. The predicted molar refractivity (Wildman–Crippen MR) is 46.7 cm³/mol. The molecule has 0 aromatic rings. The highest BCUT2D eigenvalue weighted by Crippen LogP contribution is 1.92. The Morgan fingerprint density at radius 1 is 1.21 bits per heavy atom. The van der Waals surface area contributed by atoms with Crippen molar-refractivity contribution in [3.05, 3.63) is 0 Å². The number of hydrogen-bond acceptors (Lipinski definition) is 5. The van der Waals surface area contributed by atoms with Crippen LogP contribution in [0.2, 0.25) is 0 Å². The first kappa shape index (κ1) is 12.7. The predicted octanol–water partition coefficient (Wildman–Crippen LogP) is -0.944. The van der Waals surface area contributed by atoms with Crippen molar-refractivity contribution in [2.75, 3.05) is 20.1 Å². The van der Waals surface area contributed by atoms with E-state index in [2.05, 4.69) is 9.47 Å². The maximum absolute atomic E-state index is 11.0. The van der Waals surface area contributed by atoms with E-state index in [0.717, 1.165) is 14.2 Å². The molecule has 0 aliphatic carbocycles. The van der Waals surface area contributed by atoms with E-state index in [4.69, 9.17) is 11.6 Å². The standard InChI is InChI=1S/C7H10ClNO5/c1-13-6(11)5(7(12)14-2)9-4(10)3-8/h5H,3H2,1-2H3,(H,9,10). The van der Waals surface area contributed by atoms with E-state index >= 15 is 0 Å². The number of alkyl halides is 1. The Bertz CT molecular complexity index is 226. The van der Waals surface area contributed by atoms with E-state index in [9.17, 15) is 14.4 Å². The van der Waals surface area contributed by atoms with Crippen LogP contribution in [0, 0.1) is 0 Å². The van der Waals surface area contributed by atoms with Gasteiger partial charge in [0.2, 0.25) is 11.9 Å². The first-order valence-electron chi connectivity index (χ1n) is 3.57. The van der Waals surface area contributed by atoms with Crippen LogP contribution in [0.15, 0.2) is 0 Å². The monoisotopic (exact) mass is 223 g/mol. The highest BCUT2D eigenvalue weighted by atomic mass is 35.5. The Hall–Kier alpha value is -1.30. The lowest BCUT2D eigenvalue weighted by Gasteiger charge is -2.12. The Kier molecular flexibility index (Phi) is 5.62. The molecule has 6 nitrogen and oxygen atoms in total. The smallest absolute Gasteiger partial charge is 0.340 e. The summed E-state index contributed by atoms with van der Waals surface area (Å²) in [4.78, 5) is 32.8. The van der Waals surface area contributed by atoms with Gasteiger partial charge in [0.1, 0.15) is 5.88 Å². The Morgan fingerprint density at radius 3 is 1.93 bits per heavy atom. The lowest BCUT2D eigenvalue weighted by molar-refractivity contribution is -0.156. The number of ether oxygens (including phenoxy) is 2. The van der Waals surface area contributed by atoms with Crippen LogP contribution in [0.5, 0.6) is 0 Å². The summed E-state index contributed by atoms with van der Waals surface area (Å²) in [5.74, 6) is -2.83. The molecular weight excluding hydrogens is 214 g/mol. The summed E-state index contributed by atoms with van der Waals surface area (Å²) in [7, 11) is 2.18. The van der Waals surface area contributed by atoms with Gasteiger partial charge < -0.3 is 14.8 Å². The number of halogens is 1. The SMILES string of the molecule is COC(=O)C(NC(=O)CCl)C(=O)OC. The summed E-state index contributed by atoms with van der Waals surface area (Å²) in [5.41, 5.74) is 0. The van der Waals surface area contributed by atoms with Crippen molar-refractivity contribution in [2.24, 2.45) is 0 Å². The maximum Gasteiger partial charge on any atom is 0.340 e. The van der Waals surface area contributed by atoms with Gasteiger partial charge in [0.15, 0.2) is 0 Å². The average Bonchev–Trinajstić information content (AvgIpc) is 2.23. The fraction of sp³-hybridized carbons (Fsp3) is 0.571. The van der Waals surface area contributed by atoms with Crippen LogP contribution in [-0.2, 0) is 23.9 Å². The highest BCUT2D eigenvalue weighted by molar-refractivity contribution is 6.27. The molecule has 0 atom stereocenters. The van der Waals surface area contributed by atoms with Gasteiger partial charge in [-0.1, -0.05) is 0 Å². The van der Waals surface area contributed by atoms with Gasteiger partial charge in [-0.2, -0.15) is 0 Å². The van der Waals surface area contributed by atoms with Crippen LogP contribution in [0.25, 0.3) is 0 Å². The molecule has 1 N–H and O–H groups in total. The van der Waals surface area contributed by atoms with Gasteiger partial charge in [0, 0.05) is 0 Å². The van der Waals surface area contributed by atoms with E-state index in [1.807, 2.05) is 5.32 Å². The molecule has 0 fully saturated rings. The zero-order valence-electron chi connectivity index (χ0n) is 7.70. The number of carbonyl (C=O) groups excluding carboxylic acids is 3. The molecule has 0 saturated heterocycles. The number of methoxy groups -OCH3 is 2. The van der Waals surface area contributed by atoms with Crippen LogP contribution < -0.4 is 5.32 Å². The molecule has 14 heavy (non-hydrogen) atoms. The minimum Gasteiger partial charge on any atom is -0.467 e. The van der Waals surface area contributed by atoms with Gasteiger partial charge in [-0.25, -0.2) is 9.59 Å². The van der Waals surface area contributed by atoms with Gasteiger partial charge in [-0.15, -0.1) is 11.6 Å². The summed E-state index contributed by atoms with van der Waals surface area (Å²) in [6, 6.07) is -1.46. The van der Waals surface area contributed by atoms with Crippen molar-refractivity contribution in [3.63, 3.8) is 0 Å². The largest absolute Gasteiger partial charge is 0.467 e. The summed E-state index contributed by atoms with van der Waals surface area (Å²) >= 11 is 5.18. The number of amides is 1. The van der Waals surface area contributed by atoms with Crippen molar-refractivity contribution in [2.45, 2.75) is 6.04 Å². The molecule has 0 aromatic heterocycles. The van der Waals surface area contributed by atoms with E-state index in [1.54, 1.807) is 0 Å². The zero-order valence-corrected chi connectivity index (χ0v) is 8.46. The molecule has 0 unspecified atom stereocenters. The van der Waals surface area contributed by atoms with E-state index in [1.165, 1.54) is 0 Å². The van der Waals surface area contributed by atoms with E-state index in [-0.39, 0.29) is 5.88 Å². The Morgan fingerprint density at radius 2 is 1.64 bits per heavy atom. The van der Waals surface area contributed by atoms with Crippen molar-refractivity contribution >= 4 is 29.4 Å². The first-order valence-corrected chi connectivity index (χ1v) is 4.11. The second-order valence-corrected chi connectivity index (χ2v) is 2.45. The number of carbonyl (C=O) groups is 3. The van der Waals surface area contributed by atoms with Crippen LogP contribution >= 0.6 is 11.6 Å². The first-order chi connectivity index (χ1) is 6.56. The molecule has 0 aromatic carbocycles. The van der Waals surface area contributed by atoms with E-state index in [0.29, 0.717) is 0 Å². The fourth-order valence-electron chi connectivity index (χ4n) is 0.649. The molecule has 0 radical (unpaired) electrons. The topological polar surface area (TPSA) is 81.7 Å². The molecule has 7 heteroatoms. The molecule has 0 spiro atoms. The van der Waals surface area contributed by atoms with Crippen molar-refractivity contribution < 1.29 is 23.9 Å². The maximum atomic E-state index is 11.0. The number of esters is 2. The summed E-state index contributed by atoms with van der Waals surface area (Å²) in [6.45, 7) is 0. The van der Waals surface area contributed by atoms with Crippen LogP contribution in [0.3, 0.4) is 0 Å². The zero-order chi connectivity index (χ0) is 11.1. The Balaban J connectivity index is 4.48. The third kappa shape index (κ3) is 3.61. The molecule has 0 rings (SSSR count). The molecule has 0 aliphatic heterocycles. The van der Waals surface area contributed by atoms with Crippen LogP contribution in [-0.4, -0.2) is 44.0 Å². The second kappa shape index (κ2) is 6.20. The van der Waals surface area contributed by atoms with Gasteiger partial charge in [0.25, 0.3) is 0 Å². The normalized spacial score (nSPS) is 9.43. The van der Waals surface area contributed by atoms with Crippen molar-refractivity contribution in [3.8, 4) is 0 Å². The molecule has 0 saturated carbocycles. The fourth-order valence-corrected chi connectivity index (χ4v) is 0.726. The number of rotatable bonds is 4. The van der Waals surface area contributed by atoms with Gasteiger partial charge in [0.05, 0.1) is 14.2 Å². The number of hydrogen-bond donors (Lipinski definition) is 1. The third-order valence-electron chi connectivity index (χ3n) is 1.30. The third-order valence-corrected chi connectivity index (χ3v) is 1.54.